The van der Waals surface area contributed by atoms with E-state index in [0.29, 0.717) is 18.8 Å². The van der Waals surface area contributed by atoms with Gasteiger partial charge in [0.15, 0.2) is 0 Å². The summed E-state index contributed by atoms with van der Waals surface area (Å²) < 4.78 is 27.1. The number of carbonyl (C=O) groups is 1. The molecule has 0 amide bonds. The minimum absolute atomic E-state index is 0.163. The highest BCUT2D eigenvalue weighted by Crippen LogP contribution is 2.35. The van der Waals surface area contributed by atoms with Gasteiger partial charge in [0.25, 0.3) is 10.0 Å². The normalized spacial score (nSPS) is 27.4. The summed E-state index contributed by atoms with van der Waals surface area (Å²) in [5.41, 5.74) is -1.35. The molecule has 0 atom stereocenters. The van der Waals surface area contributed by atoms with Gasteiger partial charge in [-0.1, -0.05) is 19.4 Å². The number of hydrogen-bond donors (Lipinski definition) is 2. The molecule has 112 valence electrons. The molecule has 0 radical (unpaired) electrons. The molecule has 1 aromatic rings. The van der Waals surface area contributed by atoms with Crippen LogP contribution in [0.5, 0.6) is 0 Å². The highest BCUT2D eigenvalue weighted by molar-refractivity contribution is 7.91. The van der Waals surface area contributed by atoms with E-state index in [1.165, 1.54) is 6.07 Å². The van der Waals surface area contributed by atoms with Crippen molar-refractivity contribution >= 4 is 27.3 Å². The van der Waals surface area contributed by atoms with Gasteiger partial charge in [-0.3, -0.25) is 4.79 Å². The molecular weight excluding hydrogens is 298 g/mol. The fourth-order valence-electron chi connectivity index (χ4n) is 2.66. The summed E-state index contributed by atoms with van der Waals surface area (Å²) in [6, 6.07) is 3.13. The Kier molecular flexibility index (Phi) is 4.51. The van der Waals surface area contributed by atoms with Gasteiger partial charge in [0.1, 0.15) is 9.75 Å². The molecule has 1 aliphatic carbocycles. The zero-order valence-electron chi connectivity index (χ0n) is 11.3. The third kappa shape index (κ3) is 3.05. The molecule has 0 saturated heterocycles. The van der Waals surface area contributed by atoms with E-state index in [2.05, 4.69) is 11.6 Å². The number of aliphatic carboxylic acids is 1. The Hall–Kier alpha value is -0.920. The molecule has 1 saturated carbocycles. The van der Waals surface area contributed by atoms with E-state index in [-0.39, 0.29) is 4.21 Å². The number of hydrogen-bond acceptors (Lipinski definition) is 4. The number of rotatable bonds is 5. The van der Waals surface area contributed by atoms with Gasteiger partial charge >= 0.3 is 5.97 Å². The Balaban J connectivity index is 2.21. The first kappa shape index (κ1) is 15.5. The first-order chi connectivity index (χ1) is 9.39. The van der Waals surface area contributed by atoms with Crippen LogP contribution < -0.4 is 4.72 Å². The standard InChI is InChI=1S/C13H19NO4S2/c1-2-10-5-7-13(8-6-10,12(15)16)14-20(17,18)11-4-3-9-19-11/h3-4,9-10,14H,2,5-8H2,1H3,(H,15,16). The lowest BCUT2D eigenvalue weighted by molar-refractivity contribution is -0.145. The van der Waals surface area contributed by atoms with Gasteiger partial charge < -0.3 is 5.11 Å². The largest absolute Gasteiger partial charge is 0.480 e. The summed E-state index contributed by atoms with van der Waals surface area (Å²) in [6.45, 7) is 2.08. The summed E-state index contributed by atoms with van der Waals surface area (Å²) >= 11 is 1.09. The molecule has 5 nitrogen and oxygen atoms in total. The van der Waals surface area contributed by atoms with Gasteiger partial charge in [0, 0.05) is 0 Å². The Morgan fingerprint density at radius 3 is 2.60 bits per heavy atom. The minimum Gasteiger partial charge on any atom is -0.480 e. The first-order valence-corrected chi connectivity index (χ1v) is 9.07. The Morgan fingerprint density at radius 1 is 1.50 bits per heavy atom. The smallest absolute Gasteiger partial charge is 0.324 e. The second-order valence-corrected chi connectivity index (χ2v) is 8.13. The predicted octanol–water partition coefficient (Wildman–Crippen LogP) is 2.45. The quantitative estimate of drug-likeness (QED) is 0.874. The van der Waals surface area contributed by atoms with Crippen LogP contribution in [0.15, 0.2) is 21.7 Å². The molecule has 0 bridgehead atoms. The van der Waals surface area contributed by atoms with Crippen LogP contribution in [0, 0.1) is 5.92 Å². The predicted molar refractivity (Wildman–Crippen MR) is 77.3 cm³/mol. The summed E-state index contributed by atoms with van der Waals surface area (Å²) in [7, 11) is -3.76. The highest BCUT2D eigenvalue weighted by atomic mass is 32.2. The lowest BCUT2D eigenvalue weighted by Crippen LogP contribution is -2.56. The lowest BCUT2D eigenvalue weighted by atomic mass is 9.76. The molecule has 0 aliphatic heterocycles. The monoisotopic (exact) mass is 317 g/mol. The van der Waals surface area contributed by atoms with E-state index in [1.807, 2.05) is 0 Å². The van der Waals surface area contributed by atoms with Crippen LogP contribution in [0.3, 0.4) is 0 Å². The van der Waals surface area contributed by atoms with Gasteiger partial charge in [-0.25, -0.2) is 8.42 Å². The molecule has 1 aromatic heterocycles. The SMILES string of the molecule is CCC1CCC(NS(=O)(=O)c2cccs2)(C(=O)O)CC1. The van der Waals surface area contributed by atoms with Crippen molar-refractivity contribution < 1.29 is 18.3 Å². The van der Waals surface area contributed by atoms with E-state index in [4.69, 9.17) is 0 Å². The fraction of sp³-hybridized carbons (Fsp3) is 0.615. The van der Waals surface area contributed by atoms with E-state index in [9.17, 15) is 18.3 Å². The van der Waals surface area contributed by atoms with Crippen LogP contribution in [-0.4, -0.2) is 25.0 Å². The third-order valence-corrected chi connectivity index (χ3v) is 6.97. The van der Waals surface area contributed by atoms with Crippen molar-refractivity contribution in [3.63, 3.8) is 0 Å². The molecule has 2 N–H and O–H groups in total. The highest BCUT2D eigenvalue weighted by Gasteiger charge is 2.45. The van der Waals surface area contributed by atoms with Crippen LogP contribution in [0.2, 0.25) is 0 Å². The van der Waals surface area contributed by atoms with E-state index in [1.54, 1.807) is 11.4 Å². The van der Waals surface area contributed by atoms with E-state index in [0.717, 1.165) is 30.6 Å². The molecule has 20 heavy (non-hydrogen) atoms. The van der Waals surface area contributed by atoms with Crippen LogP contribution in [-0.2, 0) is 14.8 Å². The number of carboxylic acid groups (broad SMARTS) is 1. The van der Waals surface area contributed by atoms with Gasteiger partial charge in [0.2, 0.25) is 0 Å². The molecule has 7 heteroatoms. The van der Waals surface area contributed by atoms with Gasteiger partial charge in [-0.15, -0.1) is 11.3 Å². The fourth-order valence-corrected chi connectivity index (χ4v) is 5.07. The second-order valence-electron chi connectivity index (χ2n) is 5.28. The average molecular weight is 317 g/mol. The third-order valence-electron chi connectivity index (χ3n) is 4.04. The van der Waals surface area contributed by atoms with Gasteiger partial charge in [-0.2, -0.15) is 4.72 Å². The number of carboxylic acids is 1. The van der Waals surface area contributed by atoms with Crippen LogP contribution >= 0.6 is 11.3 Å². The van der Waals surface area contributed by atoms with Gasteiger partial charge in [0.05, 0.1) is 0 Å². The minimum atomic E-state index is -3.76. The summed E-state index contributed by atoms with van der Waals surface area (Å²) in [5.74, 6) is -0.582. The average Bonchev–Trinajstić information content (AvgIpc) is 2.93. The van der Waals surface area contributed by atoms with Crippen LogP contribution in [0.25, 0.3) is 0 Å². The summed E-state index contributed by atoms with van der Waals surface area (Å²) in [6.07, 6.45) is 3.20. The lowest BCUT2D eigenvalue weighted by Gasteiger charge is -2.36. The maximum Gasteiger partial charge on any atom is 0.324 e. The van der Waals surface area contributed by atoms with Crippen molar-refractivity contribution in [2.24, 2.45) is 5.92 Å². The molecule has 2 rings (SSSR count). The molecule has 0 spiro atoms. The number of thiophene rings is 1. The zero-order chi connectivity index (χ0) is 14.8. The molecule has 1 heterocycles. The maximum atomic E-state index is 12.3. The van der Waals surface area contributed by atoms with Crippen molar-refractivity contribution in [1.82, 2.24) is 4.72 Å². The van der Waals surface area contributed by atoms with Crippen LogP contribution in [0.4, 0.5) is 0 Å². The molecule has 1 aliphatic rings. The van der Waals surface area contributed by atoms with E-state index >= 15 is 0 Å². The van der Waals surface area contributed by atoms with Gasteiger partial charge in [-0.05, 0) is 43.0 Å². The number of sulfonamides is 1. The Bertz CT molecular complexity index is 557. The van der Waals surface area contributed by atoms with E-state index < -0.39 is 21.5 Å². The molecule has 1 fully saturated rings. The van der Waals surface area contributed by atoms with Crippen molar-refractivity contribution in [3.8, 4) is 0 Å². The Morgan fingerprint density at radius 2 is 2.15 bits per heavy atom. The Labute approximate surface area is 123 Å². The molecular formula is C13H19NO4S2. The maximum absolute atomic E-state index is 12.3. The second kappa shape index (κ2) is 5.83. The van der Waals surface area contributed by atoms with Crippen molar-refractivity contribution in [1.29, 1.82) is 0 Å². The topological polar surface area (TPSA) is 83.5 Å². The van der Waals surface area contributed by atoms with Crippen molar-refractivity contribution in [2.45, 2.75) is 48.8 Å². The zero-order valence-corrected chi connectivity index (χ0v) is 13.0. The van der Waals surface area contributed by atoms with Crippen molar-refractivity contribution in [3.05, 3.63) is 17.5 Å². The molecule has 0 aromatic carbocycles. The van der Waals surface area contributed by atoms with Crippen molar-refractivity contribution in [2.75, 3.05) is 0 Å². The number of nitrogens with one attached hydrogen (secondary N) is 1. The molecule has 0 unspecified atom stereocenters. The summed E-state index contributed by atoms with van der Waals surface area (Å²) in [5, 5.41) is 11.1. The van der Waals surface area contributed by atoms with Crippen LogP contribution in [0.1, 0.15) is 39.0 Å². The first-order valence-electron chi connectivity index (χ1n) is 6.70. The summed E-state index contributed by atoms with van der Waals surface area (Å²) in [4.78, 5) is 11.6.